The lowest BCUT2D eigenvalue weighted by atomic mass is 9.75. The van der Waals surface area contributed by atoms with E-state index >= 15 is 0 Å². The molecule has 3 aromatic carbocycles. The van der Waals surface area contributed by atoms with Crippen molar-refractivity contribution in [2.45, 2.75) is 25.3 Å². The molecule has 0 bridgehead atoms. The number of carbonyl (C=O) groups excluding carboxylic acids is 1. The first-order valence-corrected chi connectivity index (χ1v) is 9.63. The first kappa shape index (κ1) is 19.2. The molecule has 4 aromatic rings. The Hall–Kier alpha value is -3.16. The largest absolute Gasteiger partial charge is 0.475 e. The molecule has 1 aromatic heterocycles. The number of rotatable bonds is 7. The Morgan fingerprint density at radius 1 is 1.03 bits per heavy atom. The van der Waals surface area contributed by atoms with Gasteiger partial charge in [-0.25, -0.2) is 4.98 Å². The van der Waals surface area contributed by atoms with Crippen LogP contribution in [0.25, 0.3) is 21.8 Å². The first-order chi connectivity index (χ1) is 14.1. The van der Waals surface area contributed by atoms with Crippen LogP contribution >= 0.6 is 0 Å². The van der Waals surface area contributed by atoms with Crippen LogP contribution in [0.2, 0.25) is 0 Å². The number of hydrogen-bond donors (Lipinski definition) is 3. The van der Waals surface area contributed by atoms with Gasteiger partial charge in [0, 0.05) is 13.0 Å². The van der Waals surface area contributed by atoms with Crippen LogP contribution in [0.3, 0.4) is 0 Å². The van der Waals surface area contributed by atoms with E-state index in [0.717, 1.165) is 27.4 Å². The minimum atomic E-state index is -1.64. The molecule has 0 saturated carbocycles. The predicted octanol–water partition coefficient (Wildman–Crippen LogP) is 2.32. The second-order valence-corrected chi connectivity index (χ2v) is 7.15. The molecule has 1 unspecified atom stereocenters. The molecule has 0 aliphatic carbocycles. The lowest BCUT2D eigenvalue weighted by Gasteiger charge is -2.18. The average Bonchev–Trinajstić information content (AvgIpc) is 3.15. The van der Waals surface area contributed by atoms with Gasteiger partial charge in [0.2, 0.25) is 5.91 Å². The van der Waals surface area contributed by atoms with Gasteiger partial charge in [-0.3, -0.25) is 4.79 Å². The number of amides is 1. The zero-order chi connectivity index (χ0) is 20.2. The summed E-state index contributed by atoms with van der Waals surface area (Å²) in [6, 6.07) is 21.7. The second kappa shape index (κ2) is 8.47. The summed E-state index contributed by atoms with van der Waals surface area (Å²) in [5, 5.41) is 24.5. The van der Waals surface area contributed by atoms with Gasteiger partial charge in [0.25, 0.3) is 0 Å². The van der Waals surface area contributed by atoms with Crippen LogP contribution in [0.15, 0.2) is 73.1 Å². The SMILES string of the molecule is O=C(CCn1cnc2ccccc21)NC(Cc1ccc2ccccc2c1)B(O)O. The van der Waals surface area contributed by atoms with Crippen molar-refractivity contribution >= 4 is 34.8 Å². The van der Waals surface area contributed by atoms with Gasteiger partial charge in [0.05, 0.1) is 23.3 Å². The number of imidazole rings is 1. The lowest BCUT2D eigenvalue weighted by Crippen LogP contribution is -2.48. The summed E-state index contributed by atoms with van der Waals surface area (Å²) in [4.78, 5) is 16.7. The van der Waals surface area contributed by atoms with E-state index in [0.29, 0.717) is 13.0 Å². The van der Waals surface area contributed by atoms with E-state index in [1.807, 2.05) is 71.3 Å². The molecule has 3 N–H and O–H groups in total. The monoisotopic (exact) mass is 387 g/mol. The number of nitrogens with one attached hydrogen (secondary N) is 1. The Morgan fingerprint density at radius 2 is 1.79 bits per heavy atom. The number of nitrogens with zero attached hydrogens (tertiary/aromatic N) is 2. The summed E-state index contributed by atoms with van der Waals surface area (Å²) >= 11 is 0. The highest BCUT2D eigenvalue weighted by molar-refractivity contribution is 6.43. The van der Waals surface area contributed by atoms with Gasteiger partial charge in [-0.15, -0.1) is 0 Å². The van der Waals surface area contributed by atoms with Crippen molar-refractivity contribution in [2.75, 3.05) is 0 Å². The maximum Gasteiger partial charge on any atom is 0.475 e. The summed E-state index contributed by atoms with van der Waals surface area (Å²) < 4.78 is 1.92. The maximum absolute atomic E-state index is 12.4. The first-order valence-electron chi connectivity index (χ1n) is 9.63. The predicted molar refractivity (Wildman–Crippen MR) is 114 cm³/mol. The molecule has 1 heterocycles. The van der Waals surface area contributed by atoms with Crippen LogP contribution in [0.4, 0.5) is 0 Å². The van der Waals surface area contributed by atoms with Gasteiger partial charge in [0.15, 0.2) is 0 Å². The van der Waals surface area contributed by atoms with Gasteiger partial charge >= 0.3 is 7.12 Å². The fourth-order valence-electron chi connectivity index (χ4n) is 3.54. The van der Waals surface area contributed by atoms with E-state index in [1.165, 1.54) is 0 Å². The van der Waals surface area contributed by atoms with E-state index in [-0.39, 0.29) is 12.3 Å². The number of para-hydroxylation sites is 2. The summed E-state index contributed by atoms with van der Waals surface area (Å²) in [6.07, 6.45) is 2.27. The van der Waals surface area contributed by atoms with Gasteiger partial charge in [0.1, 0.15) is 0 Å². The zero-order valence-corrected chi connectivity index (χ0v) is 15.9. The Kier molecular flexibility index (Phi) is 5.60. The van der Waals surface area contributed by atoms with Crippen molar-refractivity contribution in [2.24, 2.45) is 0 Å². The van der Waals surface area contributed by atoms with Gasteiger partial charge < -0.3 is 19.9 Å². The number of hydrogen-bond acceptors (Lipinski definition) is 4. The minimum absolute atomic E-state index is 0.224. The smallest absolute Gasteiger partial charge is 0.426 e. The average molecular weight is 387 g/mol. The van der Waals surface area contributed by atoms with Crippen molar-refractivity contribution in [3.63, 3.8) is 0 Å². The molecule has 1 amide bonds. The maximum atomic E-state index is 12.4. The Bertz CT molecular complexity index is 1140. The molecule has 6 nitrogen and oxygen atoms in total. The molecule has 0 fully saturated rings. The molecule has 4 rings (SSSR count). The summed E-state index contributed by atoms with van der Waals surface area (Å²) in [5.74, 6) is -1.01. The van der Waals surface area contributed by atoms with Crippen molar-refractivity contribution in [1.29, 1.82) is 0 Å². The Balaban J connectivity index is 1.40. The third-order valence-electron chi connectivity index (χ3n) is 5.08. The lowest BCUT2D eigenvalue weighted by molar-refractivity contribution is -0.121. The highest BCUT2D eigenvalue weighted by Crippen LogP contribution is 2.17. The Morgan fingerprint density at radius 3 is 2.62 bits per heavy atom. The van der Waals surface area contributed by atoms with E-state index in [9.17, 15) is 14.8 Å². The van der Waals surface area contributed by atoms with Gasteiger partial charge in [-0.2, -0.15) is 0 Å². The molecule has 0 aliphatic heterocycles. The van der Waals surface area contributed by atoms with Crippen LogP contribution < -0.4 is 5.32 Å². The standard InChI is InChI=1S/C22H22BN3O3/c27-22(11-12-26-15-24-19-7-3-4-8-20(19)26)25-21(23(28)29)14-16-9-10-17-5-1-2-6-18(17)13-16/h1-10,13,15,21,28-29H,11-12,14H2,(H,25,27). The normalized spacial score (nSPS) is 12.2. The van der Waals surface area contributed by atoms with E-state index < -0.39 is 13.1 Å². The topological polar surface area (TPSA) is 87.4 Å². The van der Waals surface area contributed by atoms with Crippen LogP contribution in [0.5, 0.6) is 0 Å². The molecule has 1 atom stereocenters. The number of benzene rings is 3. The van der Waals surface area contributed by atoms with Crippen LogP contribution in [-0.4, -0.2) is 38.6 Å². The molecule has 7 heteroatoms. The van der Waals surface area contributed by atoms with Crippen molar-refractivity contribution < 1.29 is 14.8 Å². The quantitative estimate of drug-likeness (QED) is 0.425. The summed E-state index contributed by atoms with van der Waals surface area (Å²) in [7, 11) is -1.64. The molecule has 29 heavy (non-hydrogen) atoms. The fourth-order valence-corrected chi connectivity index (χ4v) is 3.54. The van der Waals surface area contributed by atoms with Crippen molar-refractivity contribution in [3.8, 4) is 0 Å². The molecular formula is C22H22BN3O3. The fraction of sp³-hybridized carbons (Fsp3) is 0.182. The van der Waals surface area contributed by atoms with E-state index in [1.54, 1.807) is 6.33 Å². The molecule has 0 spiro atoms. The van der Waals surface area contributed by atoms with Crippen LogP contribution in [0, 0.1) is 0 Å². The van der Waals surface area contributed by atoms with Crippen LogP contribution in [-0.2, 0) is 17.8 Å². The Labute approximate surface area is 169 Å². The molecule has 0 aliphatic rings. The number of aromatic nitrogens is 2. The second-order valence-electron chi connectivity index (χ2n) is 7.15. The summed E-state index contributed by atoms with van der Waals surface area (Å²) in [5.41, 5.74) is 2.78. The minimum Gasteiger partial charge on any atom is -0.426 e. The van der Waals surface area contributed by atoms with Crippen molar-refractivity contribution in [1.82, 2.24) is 14.9 Å². The van der Waals surface area contributed by atoms with Gasteiger partial charge in [-0.1, -0.05) is 54.6 Å². The zero-order valence-electron chi connectivity index (χ0n) is 15.9. The molecule has 146 valence electrons. The highest BCUT2D eigenvalue weighted by atomic mass is 16.4. The van der Waals surface area contributed by atoms with E-state index in [4.69, 9.17) is 0 Å². The molecular weight excluding hydrogens is 365 g/mol. The van der Waals surface area contributed by atoms with E-state index in [2.05, 4.69) is 10.3 Å². The number of aryl methyl sites for hydroxylation is 1. The highest BCUT2D eigenvalue weighted by Gasteiger charge is 2.25. The van der Waals surface area contributed by atoms with Gasteiger partial charge in [-0.05, 0) is 34.9 Å². The summed E-state index contributed by atoms with van der Waals surface area (Å²) in [6.45, 7) is 0.469. The molecule has 0 saturated heterocycles. The third-order valence-corrected chi connectivity index (χ3v) is 5.08. The number of fused-ring (bicyclic) bond motifs is 2. The van der Waals surface area contributed by atoms with Crippen molar-refractivity contribution in [3.05, 3.63) is 78.6 Å². The molecule has 0 radical (unpaired) electrons. The third kappa shape index (κ3) is 4.47. The van der Waals surface area contributed by atoms with Crippen LogP contribution in [0.1, 0.15) is 12.0 Å². The number of carbonyl (C=O) groups is 1.